The largest absolute Gasteiger partial charge is 0.490 e. The van der Waals surface area contributed by atoms with Gasteiger partial charge in [0.2, 0.25) is 0 Å². The van der Waals surface area contributed by atoms with Crippen LogP contribution in [0.2, 0.25) is 0 Å². The van der Waals surface area contributed by atoms with Crippen molar-refractivity contribution in [1.82, 2.24) is 4.90 Å². The molecule has 2 aromatic rings. The molecule has 146 valence electrons. The Morgan fingerprint density at radius 1 is 1.32 bits per heavy atom. The van der Waals surface area contributed by atoms with Crippen LogP contribution in [0.5, 0.6) is 11.5 Å². The van der Waals surface area contributed by atoms with Crippen molar-refractivity contribution in [1.29, 1.82) is 0 Å². The van der Waals surface area contributed by atoms with Gasteiger partial charge in [0.05, 0.1) is 24.3 Å². The van der Waals surface area contributed by atoms with Gasteiger partial charge in [0, 0.05) is 0 Å². The predicted octanol–water partition coefficient (Wildman–Crippen LogP) is 3.54. The molecule has 7 nitrogen and oxygen atoms in total. The van der Waals surface area contributed by atoms with Gasteiger partial charge in [0.15, 0.2) is 18.1 Å². The quantitative estimate of drug-likeness (QED) is 0.513. The highest BCUT2D eigenvalue weighted by atomic mass is 32.2. The van der Waals surface area contributed by atoms with Crippen LogP contribution in [0.4, 0.5) is 0 Å². The number of furan rings is 1. The Kier molecular flexibility index (Phi) is 6.37. The van der Waals surface area contributed by atoms with Gasteiger partial charge < -0.3 is 19.0 Å². The average molecular weight is 419 g/mol. The Hall–Kier alpha value is -2.78. The number of hydrogen-bond acceptors (Lipinski definition) is 7. The van der Waals surface area contributed by atoms with Gasteiger partial charge in [-0.05, 0) is 42.8 Å². The molecule has 1 saturated heterocycles. The zero-order valence-corrected chi connectivity index (χ0v) is 16.5. The molecular formula is C19H17NO6S2. The van der Waals surface area contributed by atoms with Crippen LogP contribution in [0.1, 0.15) is 18.2 Å². The summed E-state index contributed by atoms with van der Waals surface area (Å²) in [4.78, 5) is 25.4. The number of benzene rings is 1. The second-order valence-corrected chi connectivity index (χ2v) is 7.34. The van der Waals surface area contributed by atoms with Crippen LogP contribution in [0.15, 0.2) is 45.9 Å². The molecule has 0 atom stereocenters. The van der Waals surface area contributed by atoms with Crippen LogP contribution < -0.4 is 9.47 Å². The van der Waals surface area contributed by atoms with Crippen molar-refractivity contribution in [3.63, 3.8) is 0 Å². The molecule has 0 spiro atoms. The number of thioether (sulfide) groups is 1. The Bertz CT molecular complexity index is 923. The molecule has 2 heterocycles. The Morgan fingerprint density at radius 2 is 2.14 bits per heavy atom. The summed E-state index contributed by atoms with van der Waals surface area (Å²) >= 11 is 6.53. The lowest BCUT2D eigenvalue weighted by Crippen LogP contribution is -2.27. The summed E-state index contributed by atoms with van der Waals surface area (Å²) in [6.45, 7) is 2.01. The third kappa shape index (κ3) is 4.73. The maximum absolute atomic E-state index is 12.7. The molecule has 0 radical (unpaired) electrons. The average Bonchev–Trinajstić information content (AvgIpc) is 3.26. The van der Waals surface area contributed by atoms with Gasteiger partial charge in [-0.25, -0.2) is 4.79 Å². The van der Waals surface area contributed by atoms with Crippen LogP contribution in [-0.4, -0.2) is 39.4 Å². The van der Waals surface area contributed by atoms with Crippen LogP contribution in [0, 0.1) is 0 Å². The van der Waals surface area contributed by atoms with Crippen LogP contribution >= 0.6 is 24.0 Å². The molecule has 28 heavy (non-hydrogen) atoms. The lowest BCUT2D eigenvalue weighted by Gasteiger charge is -2.12. The van der Waals surface area contributed by atoms with E-state index in [1.165, 1.54) is 16.7 Å². The summed E-state index contributed by atoms with van der Waals surface area (Å²) < 4.78 is 16.5. The van der Waals surface area contributed by atoms with E-state index in [9.17, 15) is 9.59 Å². The van der Waals surface area contributed by atoms with E-state index in [1.54, 1.807) is 42.7 Å². The van der Waals surface area contributed by atoms with Crippen molar-refractivity contribution in [3.05, 3.63) is 52.8 Å². The van der Waals surface area contributed by atoms with E-state index in [-0.39, 0.29) is 12.5 Å². The highest BCUT2D eigenvalue weighted by Gasteiger charge is 2.32. The number of carbonyl (C=O) groups is 2. The van der Waals surface area contributed by atoms with Crippen LogP contribution in [-0.2, 0) is 16.1 Å². The van der Waals surface area contributed by atoms with Crippen molar-refractivity contribution in [2.75, 3.05) is 13.2 Å². The minimum Gasteiger partial charge on any atom is -0.490 e. The summed E-state index contributed by atoms with van der Waals surface area (Å²) in [6.07, 6.45) is 3.26. The fourth-order valence-corrected chi connectivity index (χ4v) is 3.74. The van der Waals surface area contributed by atoms with Gasteiger partial charge in [-0.2, -0.15) is 0 Å². The van der Waals surface area contributed by atoms with Crippen molar-refractivity contribution in [3.8, 4) is 11.5 Å². The molecule has 0 bridgehead atoms. The third-order valence-corrected chi connectivity index (χ3v) is 5.06. The number of ether oxygens (including phenoxy) is 2. The molecule has 3 rings (SSSR count). The first-order valence-electron chi connectivity index (χ1n) is 8.37. The number of rotatable bonds is 8. The first-order chi connectivity index (χ1) is 13.5. The van der Waals surface area contributed by atoms with E-state index in [4.69, 9.17) is 31.2 Å². The summed E-state index contributed by atoms with van der Waals surface area (Å²) in [5.41, 5.74) is 0.713. The summed E-state index contributed by atoms with van der Waals surface area (Å²) in [5, 5.41) is 8.77. The second kappa shape index (κ2) is 8.94. The van der Waals surface area contributed by atoms with E-state index < -0.39 is 12.6 Å². The summed E-state index contributed by atoms with van der Waals surface area (Å²) in [5.74, 6) is 0.105. The fourth-order valence-electron chi connectivity index (χ4n) is 2.49. The second-order valence-electron chi connectivity index (χ2n) is 5.67. The number of aliphatic carboxylic acids is 1. The first-order valence-corrected chi connectivity index (χ1v) is 9.59. The van der Waals surface area contributed by atoms with E-state index in [2.05, 4.69) is 0 Å². The number of hydrogen-bond donors (Lipinski definition) is 1. The van der Waals surface area contributed by atoms with E-state index in [0.29, 0.717) is 38.7 Å². The molecule has 1 fully saturated rings. The number of amides is 1. The molecule has 1 aliphatic heterocycles. The van der Waals surface area contributed by atoms with Gasteiger partial charge in [0.1, 0.15) is 10.1 Å². The van der Waals surface area contributed by atoms with E-state index in [0.717, 1.165) is 0 Å². The molecule has 1 N–H and O–H groups in total. The lowest BCUT2D eigenvalue weighted by molar-refractivity contribution is -0.139. The van der Waals surface area contributed by atoms with Gasteiger partial charge >= 0.3 is 5.97 Å². The SMILES string of the molecule is CCOc1cc(/C=C2/SC(=S)N(Cc3ccco3)C2=O)ccc1OCC(=O)O. The zero-order valence-electron chi connectivity index (χ0n) is 14.9. The van der Waals surface area contributed by atoms with Crippen molar-refractivity contribution in [2.45, 2.75) is 13.5 Å². The first kappa shape index (κ1) is 20.0. The minimum absolute atomic E-state index is 0.199. The molecule has 0 aliphatic carbocycles. The molecule has 0 unspecified atom stereocenters. The van der Waals surface area contributed by atoms with Crippen molar-refractivity contribution < 1.29 is 28.6 Å². The Balaban J connectivity index is 1.80. The van der Waals surface area contributed by atoms with Gasteiger partial charge in [-0.1, -0.05) is 30.0 Å². The molecule has 0 saturated carbocycles. The van der Waals surface area contributed by atoms with Crippen LogP contribution in [0.3, 0.4) is 0 Å². The number of carbonyl (C=O) groups excluding carboxylic acids is 1. The molecular weight excluding hydrogens is 402 g/mol. The Morgan fingerprint density at radius 3 is 2.82 bits per heavy atom. The fraction of sp³-hybridized carbons (Fsp3) is 0.211. The standard InChI is InChI=1S/C19H17NO6S2/c1-2-24-15-8-12(5-6-14(15)26-11-17(21)22)9-16-18(23)20(19(27)28-16)10-13-4-3-7-25-13/h3-9H,2,10-11H2,1H3,(H,21,22)/b16-9+. The number of nitrogens with zero attached hydrogens (tertiary/aromatic N) is 1. The lowest BCUT2D eigenvalue weighted by atomic mass is 10.2. The maximum Gasteiger partial charge on any atom is 0.341 e. The predicted molar refractivity (Wildman–Crippen MR) is 108 cm³/mol. The maximum atomic E-state index is 12.7. The Labute approximate surface area is 170 Å². The minimum atomic E-state index is -1.08. The third-order valence-electron chi connectivity index (χ3n) is 3.68. The molecule has 1 amide bonds. The summed E-state index contributed by atoms with van der Waals surface area (Å²) in [6, 6.07) is 8.57. The number of carboxylic acid groups (broad SMARTS) is 1. The topological polar surface area (TPSA) is 89.2 Å². The van der Waals surface area contributed by atoms with Gasteiger partial charge in [-0.3, -0.25) is 9.69 Å². The molecule has 1 aromatic heterocycles. The molecule has 1 aromatic carbocycles. The summed E-state index contributed by atoms with van der Waals surface area (Å²) in [7, 11) is 0. The van der Waals surface area contributed by atoms with E-state index >= 15 is 0 Å². The smallest absolute Gasteiger partial charge is 0.341 e. The highest BCUT2D eigenvalue weighted by Crippen LogP contribution is 2.35. The van der Waals surface area contributed by atoms with Crippen molar-refractivity contribution >= 4 is 46.3 Å². The monoisotopic (exact) mass is 419 g/mol. The molecule has 1 aliphatic rings. The normalized spacial score (nSPS) is 15.3. The highest BCUT2D eigenvalue weighted by molar-refractivity contribution is 8.26. The zero-order chi connectivity index (χ0) is 20.1. The molecule has 9 heteroatoms. The van der Waals surface area contributed by atoms with Gasteiger partial charge in [-0.15, -0.1) is 0 Å². The van der Waals surface area contributed by atoms with Gasteiger partial charge in [0.25, 0.3) is 5.91 Å². The van der Waals surface area contributed by atoms with Crippen molar-refractivity contribution in [2.24, 2.45) is 0 Å². The number of carboxylic acids is 1. The van der Waals surface area contributed by atoms with E-state index in [1.807, 2.05) is 6.92 Å². The number of thiocarbonyl (C=S) groups is 1. The van der Waals surface area contributed by atoms with Crippen LogP contribution in [0.25, 0.3) is 6.08 Å².